The number of hydrogen-bond acceptors (Lipinski definition) is 2. The second-order valence-corrected chi connectivity index (χ2v) is 4.05. The van der Waals surface area contributed by atoms with Gasteiger partial charge >= 0.3 is 0 Å². The van der Waals surface area contributed by atoms with Gasteiger partial charge in [-0.25, -0.2) is 4.98 Å². The molecule has 3 nitrogen and oxygen atoms in total. The number of nitrogens with zero attached hydrogens (tertiary/aromatic N) is 1. The standard InChI is InChI=1S/C12H13N3/c1-7-2-3-8-5-10-12(9(8)4-7)15-11(6-13)14-10/h2-4H,5-6,13H2,1H3,(H,14,15). The van der Waals surface area contributed by atoms with Crippen LogP contribution < -0.4 is 5.73 Å². The molecule has 0 fully saturated rings. The van der Waals surface area contributed by atoms with E-state index in [0.717, 1.165) is 17.9 Å². The van der Waals surface area contributed by atoms with Crippen LogP contribution in [-0.2, 0) is 13.0 Å². The summed E-state index contributed by atoms with van der Waals surface area (Å²) in [7, 11) is 0. The Hall–Kier alpha value is -1.61. The number of H-pyrrole nitrogens is 1. The van der Waals surface area contributed by atoms with Crippen molar-refractivity contribution in [1.82, 2.24) is 9.97 Å². The zero-order valence-corrected chi connectivity index (χ0v) is 8.67. The third-order valence-electron chi connectivity index (χ3n) is 2.91. The summed E-state index contributed by atoms with van der Waals surface area (Å²) in [5.41, 5.74) is 11.8. The van der Waals surface area contributed by atoms with Crippen LogP contribution in [0.15, 0.2) is 18.2 Å². The van der Waals surface area contributed by atoms with Crippen LogP contribution >= 0.6 is 0 Å². The summed E-state index contributed by atoms with van der Waals surface area (Å²) in [5.74, 6) is 0.882. The van der Waals surface area contributed by atoms with E-state index in [1.54, 1.807) is 0 Å². The molecule has 1 aliphatic rings. The van der Waals surface area contributed by atoms with Crippen molar-refractivity contribution in [3.05, 3.63) is 40.8 Å². The fourth-order valence-corrected chi connectivity index (χ4v) is 2.17. The third kappa shape index (κ3) is 1.20. The summed E-state index contributed by atoms with van der Waals surface area (Å²) in [6, 6.07) is 6.53. The molecule has 76 valence electrons. The number of aryl methyl sites for hydroxylation is 1. The fourth-order valence-electron chi connectivity index (χ4n) is 2.17. The van der Waals surface area contributed by atoms with Gasteiger partial charge in [0.1, 0.15) is 5.82 Å². The monoisotopic (exact) mass is 199 g/mol. The van der Waals surface area contributed by atoms with Gasteiger partial charge in [-0.15, -0.1) is 0 Å². The van der Waals surface area contributed by atoms with Crippen molar-refractivity contribution in [3.8, 4) is 11.3 Å². The molecule has 0 radical (unpaired) electrons. The predicted molar refractivity (Wildman–Crippen MR) is 59.5 cm³/mol. The second kappa shape index (κ2) is 2.94. The van der Waals surface area contributed by atoms with E-state index in [1.165, 1.54) is 22.4 Å². The molecular weight excluding hydrogens is 186 g/mol. The van der Waals surface area contributed by atoms with E-state index in [9.17, 15) is 0 Å². The Labute approximate surface area is 88.3 Å². The van der Waals surface area contributed by atoms with Crippen LogP contribution in [0.25, 0.3) is 11.3 Å². The Kier molecular flexibility index (Phi) is 1.70. The number of nitrogens with one attached hydrogen (secondary N) is 1. The van der Waals surface area contributed by atoms with Crippen molar-refractivity contribution < 1.29 is 0 Å². The average Bonchev–Trinajstić information content (AvgIpc) is 2.75. The number of aromatic amines is 1. The summed E-state index contributed by atoms with van der Waals surface area (Å²) >= 11 is 0. The molecule has 0 bridgehead atoms. The van der Waals surface area contributed by atoms with Crippen LogP contribution in [0.2, 0.25) is 0 Å². The Bertz CT molecular complexity index is 526. The van der Waals surface area contributed by atoms with Crippen molar-refractivity contribution in [1.29, 1.82) is 0 Å². The van der Waals surface area contributed by atoms with E-state index in [0.29, 0.717) is 6.54 Å². The lowest BCUT2D eigenvalue weighted by atomic mass is 10.1. The molecular formula is C12H13N3. The molecule has 2 aromatic rings. The number of rotatable bonds is 1. The lowest BCUT2D eigenvalue weighted by molar-refractivity contribution is 0.934. The Morgan fingerprint density at radius 2 is 2.33 bits per heavy atom. The molecule has 15 heavy (non-hydrogen) atoms. The van der Waals surface area contributed by atoms with Gasteiger partial charge in [-0.3, -0.25) is 0 Å². The SMILES string of the molecule is Cc1ccc2c(c1)-c1nc(CN)[nH]c1C2. The highest BCUT2D eigenvalue weighted by Gasteiger charge is 2.22. The minimum absolute atomic E-state index is 0.480. The molecule has 0 aliphatic heterocycles. The second-order valence-electron chi connectivity index (χ2n) is 4.05. The molecule has 0 atom stereocenters. The molecule has 3 rings (SSSR count). The minimum atomic E-state index is 0.480. The van der Waals surface area contributed by atoms with Gasteiger partial charge in [0, 0.05) is 17.7 Å². The molecule has 1 heterocycles. The molecule has 1 aromatic heterocycles. The van der Waals surface area contributed by atoms with Crippen LogP contribution in [0.4, 0.5) is 0 Å². The zero-order valence-electron chi connectivity index (χ0n) is 8.67. The van der Waals surface area contributed by atoms with Crippen molar-refractivity contribution >= 4 is 0 Å². The van der Waals surface area contributed by atoms with Crippen LogP contribution in [-0.4, -0.2) is 9.97 Å². The van der Waals surface area contributed by atoms with E-state index < -0.39 is 0 Å². The van der Waals surface area contributed by atoms with Crippen molar-refractivity contribution in [3.63, 3.8) is 0 Å². The molecule has 0 amide bonds. The molecule has 0 saturated carbocycles. The Morgan fingerprint density at radius 3 is 3.13 bits per heavy atom. The van der Waals surface area contributed by atoms with Gasteiger partial charge < -0.3 is 10.7 Å². The summed E-state index contributed by atoms with van der Waals surface area (Å²) in [5, 5.41) is 0. The number of nitrogens with two attached hydrogens (primary N) is 1. The normalized spacial score (nSPS) is 12.7. The quantitative estimate of drug-likeness (QED) is 0.627. The van der Waals surface area contributed by atoms with Gasteiger partial charge in [0.05, 0.1) is 12.2 Å². The maximum atomic E-state index is 5.57. The van der Waals surface area contributed by atoms with Crippen LogP contribution in [0, 0.1) is 6.92 Å². The number of imidazole rings is 1. The lowest BCUT2D eigenvalue weighted by Gasteiger charge is -2.00. The van der Waals surface area contributed by atoms with Gasteiger partial charge in [0.15, 0.2) is 0 Å². The van der Waals surface area contributed by atoms with Crippen LogP contribution in [0.1, 0.15) is 22.6 Å². The Morgan fingerprint density at radius 1 is 1.47 bits per heavy atom. The maximum absolute atomic E-state index is 5.57. The maximum Gasteiger partial charge on any atom is 0.120 e. The van der Waals surface area contributed by atoms with E-state index >= 15 is 0 Å². The summed E-state index contributed by atoms with van der Waals surface area (Å²) in [4.78, 5) is 7.78. The smallest absolute Gasteiger partial charge is 0.120 e. The molecule has 0 unspecified atom stereocenters. The van der Waals surface area contributed by atoms with Crippen LogP contribution in [0.3, 0.4) is 0 Å². The first-order valence-electron chi connectivity index (χ1n) is 5.15. The summed E-state index contributed by atoms with van der Waals surface area (Å²) < 4.78 is 0. The van der Waals surface area contributed by atoms with Crippen molar-refractivity contribution in [2.75, 3.05) is 0 Å². The lowest BCUT2D eigenvalue weighted by Crippen LogP contribution is -1.99. The number of aromatic nitrogens is 2. The van der Waals surface area contributed by atoms with E-state index in [4.69, 9.17) is 5.73 Å². The third-order valence-corrected chi connectivity index (χ3v) is 2.91. The average molecular weight is 199 g/mol. The van der Waals surface area contributed by atoms with Gasteiger partial charge in [-0.2, -0.15) is 0 Å². The number of fused-ring (bicyclic) bond motifs is 3. The van der Waals surface area contributed by atoms with E-state index in [1.807, 2.05) is 0 Å². The van der Waals surface area contributed by atoms with E-state index in [2.05, 4.69) is 35.1 Å². The first-order valence-corrected chi connectivity index (χ1v) is 5.15. The highest BCUT2D eigenvalue weighted by atomic mass is 15.0. The highest BCUT2D eigenvalue weighted by molar-refractivity contribution is 5.73. The minimum Gasteiger partial charge on any atom is -0.344 e. The topological polar surface area (TPSA) is 54.7 Å². The fraction of sp³-hybridized carbons (Fsp3) is 0.250. The molecule has 1 aromatic carbocycles. The first-order chi connectivity index (χ1) is 7.28. The van der Waals surface area contributed by atoms with Gasteiger partial charge in [-0.1, -0.05) is 17.7 Å². The number of benzene rings is 1. The zero-order chi connectivity index (χ0) is 10.4. The van der Waals surface area contributed by atoms with Crippen molar-refractivity contribution in [2.24, 2.45) is 5.73 Å². The predicted octanol–water partition coefficient (Wildman–Crippen LogP) is 1.75. The van der Waals surface area contributed by atoms with Crippen molar-refractivity contribution in [2.45, 2.75) is 19.9 Å². The molecule has 0 saturated heterocycles. The summed E-state index contributed by atoms with van der Waals surface area (Å²) in [6.45, 7) is 2.59. The highest BCUT2D eigenvalue weighted by Crippen LogP contribution is 2.35. The largest absolute Gasteiger partial charge is 0.344 e. The molecule has 1 aliphatic carbocycles. The molecule has 3 heteroatoms. The summed E-state index contributed by atoms with van der Waals surface area (Å²) in [6.07, 6.45) is 0.956. The Balaban J connectivity index is 2.19. The first kappa shape index (κ1) is 8.68. The van der Waals surface area contributed by atoms with Crippen LogP contribution in [0.5, 0.6) is 0 Å². The molecule has 0 spiro atoms. The van der Waals surface area contributed by atoms with E-state index in [-0.39, 0.29) is 0 Å². The number of hydrogen-bond donors (Lipinski definition) is 2. The molecule has 3 N–H and O–H groups in total. The van der Waals surface area contributed by atoms with Gasteiger partial charge in [-0.05, 0) is 18.6 Å². The van der Waals surface area contributed by atoms with Gasteiger partial charge in [0.25, 0.3) is 0 Å². The van der Waals surface area contributed by atoms with Gasteiger partial charge in [0.2, 0.25) is 0 Å².